The summed E-state index contributed by atoms with van der Waals surface area (Å²) in [6, 6.07) is 15.9. The largest absolute Gasteiger partial charge is 0.484 e. The average molecular weight is 412 g/mol. The monoisotopic (exact) mass is 412 g/mol. The van der Waals surface area contributed by atoms with Gasteiger partial charge in [-0.15, -0.1) is 0 Å². The lowest BCUT2D eigenvalue weighted by Gasteiger charge is -2.07. The summed E-state index contributed by atoms with van der Waals surface area (Å²) >= 11 is 0. The number of hydrogen-bond acceptors (Lipinski definition) is 6. The molecule has 0 aliphatic rings. The molecule has 0 spiro atoms. The molecule has 0 atom stereocenters. The van der Waals surface area contributed by atoms with Gasteiger partial charge in [0.1, 0.15) is 12.2 Å². The van der Waals surface area contributed by atoms with Crippen LogP contribution in [0.3, 0.4) is 0 Å². The lowest BCUT2D eigenvalue weighted by atomic mass is 10.2. The van der Waals surface area contributed by atoms with Crippen molar-refractivity contribution in [3.05, 3.63) is 60.2 Å². The van der Waals surface area contributed by atoms with Crippen LogP contribution in [0.5, 0.6) is 5.75 Å². The van der Waals surface area contributed by atoms with E-state index in [2.05, 4.69) is 21.2 Å². The van der Waals surface area contributed by atoms with Crippen molar-refractivity contribution in [1.29, 1.82) is 0 Å². The number of methoxy groups -OCH3 is 1. The normalized spacial score (nSPS) is 10.4. The first kappa shape index (κ1) is 22.6. The second-order valence-electron chi connectivity index (χ2n) is 6.08. The van der Waals surface area contributed by atoms with E-state index in [1.54, 1.807) is 36.4 Å². The fourth-order valence-electron chi connectivity index (χ4n) is 2.24. The SMILES string of the molecule is COCCNC(=O)CC(=O)N/N=C/c1ccc(OCC(=O)Nc2ccccc2)cc1. The maximum Gasteiger partial charge on any atom is 0.262 e. The fourth-order valence-corrected chi connectivity index (χ4v) is 2.24. The smallest absolute Gasteiger partial charge is 0.262 e. The van der Waals surface area contributed by atoms with Gasteiger partial charge in [-0.3, -0.25) is 14.4 Å². The van der Waals surface area contributed by atoms with Gasteiger partial charge in [-0.1, -0.05) is 18.2 Å². The second kappa shape index (κ2) is 12.7. The summed E-state index contributed by atoms with van der Waals surface area (Å²) in [6.07, 6.45) is 1.12. The number of anilines is 1. The molecule has 30 heavy (non-hydrogen) atoms. The van der Waals surface area contributed by atoms with Crippen LogP contribution in [0.4, 0.5) is 5.69 Å². The summed E-state index contributed by atoms with van der Waals surface area (Å²) in [5, 5.41) is 9.08. The number of benzene rings is 2. The molecule has 2 aromatic rings. The summed E-state index contributed by atoms with van der Waals surface area (Å²) in [6.45, 7) is 0.599. The van der Waals surface area contributed by atoms with Crippen molar-refractivity contribution < 1.29 is 23.9 Å². The molecule has 0 bridgehead atoms. The Labute approximate surface area is 174 Å². The van der Waals surface area contributed by atoms with Crippen molar-refractivity contribution in [2.45, 2.75) is 6.42 Å². The minimum atomic E-state index is -0.523. The number of carbonyl (C=O) groups excluding carboxylic acids is 3. The number of carbonyl (C=O) groups is 3. The maximum absolute atomic E-state index is 11.9. The molecule has 0 heterocycles. The zero-order valence-corrected chi connectivity index (χ0v) is 16.6. The highest BCUT2D eigenvalue weighted by Gasteiger charge is 2.07. The van der Waals surface area contributed by atoms with Crippen LogP contribution in [0, 0.1) is 0 Å². The molecular weight excluding hydrogens is 388 g/mol. The van der Waals surface area contributed by atoms with Gasteiger partial charge in [0.2, 0.25) is 11.8 Å². The van der Waals surface area contributed by atoms with E-state index < -0.39 is 11.8 Å². The van der Waals surface area contributed by atoms with E-state index in [9.17, 15) is 14.4 Å². The van der Waals surface area contributed by atoms with Gasteiger partial charge in [0.05, 0.1) is 12.8 Å². The van der Waals surface area contributed by atoms with Crippen molar-refractivity contribution in [1.82, 2.24) is 10.7 Å². The van der Waals surface area contributed by atoms with Crippen molar-refractivity contribution in [2.75, 3.05) is 32.2 Å². The Kier molecular flexibility index (Phi) is 9.54. The molecule has 3 amide bonds. The van der Waals surface area contributed by atoms with Gasteiger partial charge in [0, 0.05) is 19.3 Å². The first-order valence-electron chi connectivity index (χ1n) is 9.22. The lowest BCUT2D eigenvalue weighted by Crippen LogP contribution is -2.31. The number of hydrogen-bond donors (Lipinski definition) is 3. The molecule has 0 aliphatic heterocycles. The average Bonchev–Trinajstić information content (AvgIpc) is 2.74. The Bertz CT molecular complexity index is 853. The van der Waals surface area contributed by atoms with Crippen molar-refractivity contribution in [3.8, 4) is 5.75 Å². The number of rotatable bonds is 11. The lowest BCUT2D eigenvalue weighted by molar-refractivity contribution is -0.129. The van der Waals surface area contributed by atoms with Gasteiger partial charge in [-0.05, 0) is 42.0 Å². The molecule has 158 valence electrons. The Morgan fingerprint density at radius 3 is 2.40 bits per heavy atom. The van der Waals surface area contributed by atoms with Crippen LogP contribution in [0.2, 0.25) is 0 Å². The predicted octanol–water partition coefficient (Wildman–Crippen LogP) is 1.31. The fraction of sp³-hybridized carbons (Fsp3) is 0.238. The van der Waals surface area contributed by atoms with Crippen LogP contribution in [-0.2, 0) is 19.1 Å². The summed E-state index contributed by atoms with van der Waals surface area (Å²) < 4.78 is 10.2. The number of nitrogens with one attached hydrogen (secondary N) is 3. The minimum Gasteiger partial charge on any atom is -0.484 e. The minimum absolute atomic E-state index is 0.120. The predicted molar refractivity (Wildman–Crippen MR) is 112 cm³/mol. The summed E-state index contributed by atoms with van der Waals surface area (Å²) in [7, 11) is 1.52. The number of para-hydroxylation sites is 1. The van der Waals surface area contributed by atoms with E-state index in [-0.39, 0.29) is 18.9 Å². The van der Waals surface area contributed by atoms with E-state index in [0.717, 1.165) is 0 Å². The van der Waals surface area contributed by atoms with E-state index in [1.807, 2.05) is 18.2 Å². The quantitative estimate of drug-likeness (QED) is 0.223. The molecule has 0 fully saturated rings. The van der Waals surface area contributed by atoms with Gasteiger partial charge in [-0.25, -0.2) is 5.43 Å². The van der Waals surface area contributed by atoms with Crippen LogP contribution in [0.15, 0.2) is 59.7 Å². The number of hydrazone groups is 1. The topological polar surface area (TPSA) is 118 Å². The van der Waals surface area contributed by atoms with Crippen molar-refractivity contribution in [2.24, 2.45) is 5.10 Å². The molecule has 2 rings (SSSR count). The van der Waals surface area contributed by atoms with Crippen LogP contribution < -0.4 is 20.8 Å². The molecule has 0 radical (unpaired) electrons. The molecule has 9 nitrogen and oxygen atoms in total. The number of ether oxygens (including phenoxy) is 2. The maximum atomic E-state index is 11.9. The third-order valence-electron chi connectivity index (χ3n) is 3.66. The van der Waals surface area contributed by atoms with Crippen molar-refractivity contribution >= 4 is 29.6 Å². The van der Waals surface area contributed by atoms with E-state index in [0.29, 0.717) is 30.2 Å². The molecule has 0 aliphatic carbocycles. The van der Waals surface area contributed by atoms with E-state index >= 15 is 0 Å². The summed E-state index contributed by atoms with van der Waals surface area (Å²) in [5.41, 5.74) is 3.69. The van der Waals surface area contributed by atoms with Crippen LogP contribution in [0.1, 0.15) is 12.0 Å². The number of nitrogens with zero attached hydrogens (tertiary/aromatic N) is 1. The van der Waals surface area contributed by atoms with Gasteiger partial charge in [-0.2, -0.15) is 5.10 Å². The number of amides is 3. The molecule has 0 unspecified atom stereocenters. The Morgan fingerprint density at radius 2 is 1.70 bits per heavy atom. The third kappa shape index (κ3) is 8.98. The first-order valence-corrected chi connectivity index (χ1v) is 9.22. The third-order valence-corrected chi connectivity index (χ3v) is 3.66. The van der Waals surface area contributed by atoms with Gasteiger partial charge < -0.3 is 20.1 Å². The van der Waals surface area contributed by atoms with E-state index in [1.165, 1.54) is 13.3 Å². The molecule has 0 aromatic heterocycles. The second-order valence-corrected chi connectivity index (χ2v) is 6.08. The standard InChI is InChI=1S/C21H24N4O5/c1-29-12-11-22-19(26)13-20(27)25-23-14-16-7-9-18(10-8-16)30-15-21(28)24-17-5-3-2-4-6-17/h2-10,14H,11-13,15H2,1H3,(H,22,26)(H,24,28)(H,25,27)/b23-14+. The zero-order valence-electron chi connectivity index (χ0n) is 16.6. The highest BCUT2D eigenvalue weighted by molar-refractivity contribution is 5.97. The molecular formula is C21H24N4O5. The van der Waals surface area contributed by atoms with Gasteiger partial charge >= 0.3 is 0 Å². The van der Waals surface area contributed by atoms with Crippen LogP contribution in [-0.4, -0.2) is 50.8 Å². The van der Waals surface area contributed by atoms with Crippen molar-refractivity contribution in [3.63, 3.8) is 0 Å². The molecule has 0 saturated heterocycles. The molecule has 9 heteroatoms. The van der Waals surface area contributed by atoms with Crippen LogP contribution >= 0.6 is 0 Å². The van der Waals surface area contributed by atoms with E-state index in [4.69, 9.17) is 9.47 Å². The summed E-state index contributed by atoms with van der Waals surface area (Å²) in [5.74, 6) is -0.670. The summed E-state index contributed by atoms with van der Waals surface area (Å²) in [4.78, 5) is 35.0. The van der Waals surface area contributed by atoms with Gasteiger partial charge in [0.25, 0.3) is 5.91 Å². The zero-order chi connectivity index (χ0) is 21.6. The Hall–Kier alpha value is -3.72. The molecule has 0 saturated carbocycles. The highest BCUT2D eigenvalue weighted by Crippen LogP contribution is 2.11. The Balaban J connectivity index is 1.70. The highest BCUT2D eigenvalue weighted by atomic mass is 16.5. The Morgan fingerprint density at radius 1 is 0.967 bits per heavy atom. The molecule has 2 aromatic carbocycles. The first-order chi connectivity index (χ1) is 14.6. The van der Waals surface area contributed by atoms with Gasteiger partial charge in [0.15, 0.2) is 6.61 Å². The molecule has 3 N–H and O–H groups in total. The van der Waals surface area contributed by atoms with Crippen LogP contribution in [0.25, 0.3) is 0 Å².